The van der Waals surface area contributed by atoms with Crippen LogP contribution >= 0.6 is 0 Å². The van der Waals surface area contributed by atoms with Crippen molar-refractivity contribution in [2.45, 2.75) is 71.8 Å². The van der Waals surface area contributed by atoms with Crippen LogP contribution in [-0.2, 0) is 19.1 Å². The predicted molar refractivity (Wildman–Crippen MR) is 84.8 cm³/mol. The van der Waals surface area contributed by atoms with Gasteiger partial charge < -0.3 is 14.8 Å². The molecule has 2 amide bonds. The molecule has 132 valence electrons. The van der Waals surface area contributed by atoms with Crippen molar-refractivity contribution in [1.29, 1.82) is 0 Å². The number of hydrogen-bond donors (Lipinski definition) is 1. The van der Waals surface area contributed by atoms with Gasteiger partial charge in [0, 0.05) is 6.42 Å². The molecule has 0 aromatic heterocycles. The summed E-state index contributed by atoms with van der Waals surface area (Å²) in [6.45, 7) is 11.9. The Hall–Kier alpha value is -1.63. The minimum atomic E-state index is -1.19. The van der Waals surface area contributed by atoms with Crippen LogP contribution in [0.4, 0.5) is 4.79 Å². The molecule has 1 N–H and O–H groups in total. The van der Waals surface area contributed by atoms with Gasteiger partial charge in [-0.2, -0.15) is 0 Å². The lowest BCUT2D eigenvalue weighted by Crippen LogP contribution is -2.60. The zero-order chi connectivity index (χ0) is 18.1. The van der Waals surface area contributed by atoms with E-state index in [1.54, 1.807) is 48.5 Å². The number of carbonyl (C=O) groups excluding carboxylic acids is 3. The number of nitrogens with zero attached hydrogens (tertiary/aromatic N) is 1. The number of amides is 2. The quantitative estimate of drug-likeness (QED) is 0.851. The molecule has 0 aromatic rings. The fourth-order valence-corrected chi connectivity index (χ4v) is 2.47. The summed E-state index contributed by atoms with van der Waals surface area (Å²) in [5, 5.41) is 2.55. The molecular formula is C16H28N2O5. The zero-order valence-electron chi connectivity index (χ0n) is 15.1. The van der Waals surface area contributed by atoms with Crippen LogP contribution in [0.1, 0.15) is 54.9 Å². The minimum absolute atomic E-state index is 0.0556. The summed E-state index contributed by atoms with van der Waals surface area (Å²) >= 11 is 0. The van der Waals surface area contributed by atoms with Gasteiger partial charge in [-0.3, -0.25) is 14.5 Å². The van der Waals surface area contributed by atoms with Crippen LogP contribution in [-0.4, -0.2) is 52.7 Å². The van der Waals surface area contributed by atoms with Crippen LogP contribution in [0.3, 0.4) is 0 Å². The smallest absolute Gasteiger partial charge is 0.413 e. The van der Waals surface area contributed by atoms with E-state index in [1.165, 1.54) is 4.90 Å². The summed E-state index contributed by atoms with van der Waals surface area (Å²) in [5.74, 6) is -0.514. The third-order valence-electron chi connectivity index (χ3n) is 3.68. The lowest BCUT2D eigenvalue weighted by atomic mass is 9.95. The monoisotopic (exact) mass is 328 g/mol. The van der Waals surface area contributed by atoms with E-state index in [-0.39, 0.29) is 24.8 Å². The number of hydrogen-bond acceptors (Lipinski definition) is 5. The number of carbonyl (C=O) groups is 3. The molecule has 1 heterocycles. The molecule has 0 aliphatic carbocycles. The molecule has 0 saturated carbocycles. The van der Waals surface area contributed by atoms with Crippen LogP contribution in [0, 0.1) is 0 Å². The van der Waals surface area contributed by atoms with Crippen molar-refractivity contribution in [2.24, 2.45) is 0 Å². The Morgan fingerprint density at radius 3 is 2.26 bits per heavy atom. The van der Waals surface area contributed by atoms with Crippen molar-refractivity contribution in [1.82, 2.24) is 10.2 Å². The maximum atomic E-state index is 12.6. The highest BCUT2D eigenvalue weighted by Gasteiger charge is 2.56. The first-order valence-electron chi connectivity index (χ1n) is 7.81. The second-order valence-electron chi connectivity index (χ2n) is 7.38. The van der Waals surface area contributed by atoms with Gasteiger partial charge in [-0.05, 0) is 41.5 Å². The van der Waals surface area contributed by atoms with Gasteiger partial charge in [0.1, 0.15) is 16.9 Å². The highest BCUT2D eigenvalue weighted by Crippen LogP contribution is 2.36. The summed E-state index contributed by atoms with van der Waals surface area (Å²) in [5.41, 5.74) is -2.84. The first-order chi connectivity index (χ1) is 10.3. The molecule has 1 saturated heterocycles. The van der Waals surface area contributed by atoms with Gasteiger partial charge in [-0.25, -0.2) is 4.79 Å². The van der Waals surface area contributed by atoms with Crippen LogP contribution in [0.5, 0.6) is 0 Å². The Morgan fingerprint density at radius 2 is 1.78 bits per heavy atom. The summed E-state index contributed by atoms with van der Waals surface area (Å²) in [6.07, 6.45) is -0.320. The van der Waals surface area contributed by atoms with Crippen LogP contribution < -0.4 is 5.32 Å². The van der Waals surface area contributed by atoms with Crippen LogP contribution in [0.25, 0.3) is 0 Å². The second-order valence-corrected chi connectivity index (χ2v) is 7.38. The number of ketones is 1. The second kappa shape index (κ2) is 6.47. The Bertz CT molecular complexity index is 495. The highest BCUT2D eigenvalue weighted by molar-refractivity contribution is 5.95. The summed E-state index contributed by atoms with van der Waals surface area (Å²) < 4.78 is 11.1. The van der Waals surface area contributed by atoms with Crippen molar-refractivity contribution in [3.63, 3.8) is 0 Å². The Labute approximate surface area is 137 Å². The van der Waals surface area contributed by atoms with Crippen molar-refractivity contribution in [3.05, 3.63) is 0 Å². The molecule has 0 radical (unpaired) electrons. The predicted octanol–water partition coefficient (Wildman–Crippen LogP) is 1.84. The lowest BCUT2D eigenvalue weighted by Gasteiger charge is -2.39. The lowest BCUT2D eigenvalue weighted by molar-refractivity contribution is -0.132. The van der Waals surface area contributed by atoms with E-state index in [1.807, 2.05) is 0 Å². The van der Waals surface area contributed by atoms with Gasteiger partial charge in [-0.15, -0.1) is 0 Å². The van der Waals surface area contributed by atoms with E-state index in [4.69, 9.17) is 9.47 Å². The molecular weight excluding hydrogens is 300 g/mol. The van der Waals surface area contributed by atoms with E-state index in [2.05, 4.69) is 5.32 Å². The minimum Gasteiger partial charge on any atom is -0.444 e. The maximum absolute atomic E-state index is 12.6. The molecule has 1 atom stereocenters. The normalized spacial score (nSPS) is 23.5. The summed E-state index contributed by atoms with van der Waals surface area (Å²) in [4.78, 5) is 37.9. The third-order valence-corrected chi connectivity index (χ3v) is 3.68. The van der Waals surface area contributed by atoms with Crippen LogP contribution in [0.2, 0.25) is 0 Å². The Kier molecular flexibility index (Phi) is 5.46. The molecule has 1 aliphatic rings. The van der Waals surface area contributed by atoms with Gasteiger partial charge >= 0.3 is 6.09 Å². The Morgan fingerprint density at radius 1 is 1.22 bits per heavy atom. The van der Waals surface area contributed by atoms with Crippen molar-refractivity contribution in [3.8, 4) is 0 Å². The first-order valence-corrected chi connectivity index (χ1v) is 7.81. The SMILES string of the molecule is CCC(=O)NCC(=O)C1(C)COC(C)(C)N1C(=O)OC(C)(C)C. The molecule has 23 heavy (non-hydrogen) atoms. The molecule has 1 unspecified atom stereocenters. The van der Waals surface area contributed by atoms with E-state index < -0.39 is 23.0 Å². The van der Waals surface area contributed by atoms with Crippen molar-refractivity contribution >= 4 is 17.8 Å². The van der Waals surface area contributed by atoms with Gasteiger partial charge in [0.15, 0.2) is 5.78 Å². The van der Waals surface area contributed by atoms with Gasteiger partial charge in [0.05, 0.1) is 13.2 Å². The molecule has 0 bridgehead atoms. The van der Waals surface area contributed by atoms with Gasteiger partial charge in [0.2, 0.25) is 5.91 Å². The van der Waals surface area contributed by atoms with Crippen molar-refractivity contribution in [2.75, 3.05) is 13.2 Å². The topological polar surface area (TPSA) is 84.9 Å². The third kappa shape index (κ3) is 4.43. The fraction of sp³-hybridized carbons (Fsp3) is 0.812. The average molecular weight is 328 g/mol. The summed E-state index contributed by atoms with van der Waals surface area (Å²) in [6, 6.07) is 0. The highest BCUT2D eigenvalue weighted by atomic mass is 16.6. The van der Waals surface area contributed by atoms with E-state index in [0.717, 1.165) is 0 Å². The number of rotatable bonds is 4. The Balaban J connectivity index is 3.00. The largest absolute Gasteiger partial charge is 0.444 e. The number of Topliss-reactive ketones (excluding diaryl/α,β-unsaturated/α-hetero) is 1. The molecule has 0 aromatic carbocycles. The van der Waals surface area contributed by atoms with E-state index in [0.29, 0.717) is 6.42 Å². The van der Waals surface area contributed by atoms with E-state index in [9.17, 15) is 14.4 Å². The molecule has 1 fully saturated rings. The average Bonchev–Trinajstić information content (AvgIpc) is 2.65. The van der Waals surface area contributed by atoms with Gasteiger partial charge in [-0.1, -0.05) is 6.92 Å². The first kappa shape index (κ1) is 19.4. The van der Waals surface area contributed by atoms with Crippen LogP contribution in [0.15, 0.2) is 0 Å². The maximum Gasteiger partial charge on any atom is 0.413 e. The van der Waals surface area contributed by atoms with Crippen molar-refractivity contribution < 1.29 is 23.9 Å². The number of nitrogens with one attached hydrogen (secondary N) is 1. The number of ether oxygens (including phenoxy) is 2. The standard InChI is InChI=1S/C16H28N2O5/c1-8-12(20)17-9-11(19)16(7)10-22-15(5,6)18(16)13(21)23-14(2,3)4/h8-10H2,1-7H3,(H,17,20). The van der Waals surface area contributed by atoms with Gasteiger partial charge in [0.25, 0.3) is 0 Å². The fourth-order valence-electron chi connectivity index (χ4n) is 2.47. The molecule has 1 rings (SSSR count). The molecule has 1 aliphatic heterocycles. The zero-order valence-corrected chi connectivity index (χ0v) is 15.1. The van der Waals surface area contributed by atoms with E-state index >= 15 is 0 Å². The summed E-state index contributed by atoms with van der Waals surface area (Å²) in [7, 11) is 0. The molecule has 7 heteroatoms. The molecule has 0 spiro atoms. The molecule has 7 nitrogen and oxygen atoms in total.